The van der Waals surface area contributed by atoms with Crippen LogP contribution in [0.15, 0.2) is 30.3 Å². The molecule has 0 amide bonds. The van der Waals surface area contributed by atoms with E-state index in [1.54, 1.807) is 0 Å². The van der Waals surface area contributed by atoms with Crippen molar-refractivity contribution in [3.05, 3.63) is 35.9 Å². The molecule has 1 unspecified atom stereocenters. The first-order valence-corrected chi connectivity index (χ1v) is 6.59. The number of hydrogen-bond donors (Lipinski definition) is 2. The van der Waals surface area contributed by atoms with Crippen LogP contribution >= 0.6 is 0 Å². The number of benzene rings is 1. The first-order chi connectivity index (χ1) is 8.59. The van der Waals surface area contributed by atoms with Crippen molar-refractivity contribution in [1.82, 2.24) is 5.32 Å². The van der Waals surface area contributed by atoms with E-state index < -0.39 is 12.0 Å². The zero-order chi connectivity index (χ0) is 13.4. The lowest BCUT2D eigenvalue weighted by Crippen LogP contribution is -2.38. The summed E-state index contributed by atoms with van der Waals surface area (Å²) in [5, 5.41) is 12.3. The zero-order valence-corrected chi connectivity index (χ0v) is 11.2. The number of nitrogens with one attached hydrogen (secondary N) is 1. The minimum absolute atomic E-state index is 0.441. The minimum Gasteiger partial charge on any atom is -0.480 e. The molecule has 0 heterocycles. The van der Waals surface area contributed by atoms with Crippen LogP contribution in [-0.4, -0.2) is 23.7 Å². The summed E-state index contributed by atoms with van der Waals surface area (Å²) in [6.45, 7) is 5.05. The molecule has 18 heavy (non-hydrogen) atoms. The zero-order valence-electron chi connectivity index (χ0n) is 11.2. The van der Waals surface area contributed by atoms with Crippen molar-refractivity contribution in [3.63, 3.8) is 0 Å². The molecule has 0 saturated heterocycles. The van der Waals surface area contributed by atoms with Gasteiger partial charge in [0.2, 0.25) is 0 Å². The van der Waals surface area contributed by atoms with Gasteiger partial charge in [-0.25, -0.2) is 0 Å². The second kappa shape index (κ2) is 7.88. The van der Waals surface area contributed by atoms with Gasteiger partial charge in [0.05, 0.1) is 0 Å². The summed E-state index contributed by atoms with van der Waals surface area (Å²) in [5.41, 5.74) is 1.19. The van der Waals surface area contributed by atoms with E-state index in [0.717, 1.165) is 19.4 Å². The van der Waals surface area contributed by atoms with Crippen molar-refractivity contribution in [3.8, 4) is 0 Å². The molecule has 1 aromatic carbocycles. The van der Waals surface area contributed by atoms with E-state index in [4.69, 9.17) is 5.11 Å². The highest BCUT2D eigenvalue weighted by Crippen LogP contribution is 2.06. The van der Waals surface area contributed by atoms with Crippen molar-refractivity contribution in [2.45, 2.75) is 39.2 Å². The molecule has 0 radical (unpaired) electrons. The quantitative estimate of drug-likeness (QED) is 0.744. The number of aryl methyl sites for hydroxylation is 1. The summed E-state index contributed by atoms with van der Waals surface area (Å²) >= 11 is 0. The van der Waals surface area contributed by atoms with Crippen molar-refractivity contribution in [2.24, 2.45) is 5.92 Å². The minimum atomic E-state index is -0.755. The Bertz CT molecular complexity index is 349. The van der Waals surface area contributed by atoms with E-state index in [1.807, 2.05) is 30.3 Å². The van der Waals surface area contributed by atoms with Crippen LogP contribution < -0.4 is 5.32 Å². The molecule has 2 N–H and O–H groups in total. The number of aliphatic carboxylic acids is 1. The lowest BCUT2D eigenvalue weighted by molar-refractivity contribution is -0.139. The van der Waals surface area contributed by atoms with Gasteiger partial charge in [0, 0.05) is 0 Å². The van der Waals surface area contributed by atoms with E-state index >= 15 is 0 Å². The smallest absolute Gasteiger partial charge is 0.320 e. The van der Waals surface area contributed by atoms with Gasteiger partial charge in [-0.2, -0.15) is 0 Å². The molecule has 0 saturated carbocycles. The predicted molar refractivity (Wildman–Crippen MR) is 73.6 cm³/mol. The van der Waals surface area contributed by atoms with Gasteiger partial charge in [-0.05, 0) is 37.3 Å². The second-order valence-corrected chi connectivity index (χ2v) is 5.05. The van der Waals surface area contributed by atoms with Crippen LogP contribution in [0.3, 0.4) is 0 Å². The Morgan fingerprint density at radius 3 is 2.44 bits per heavy atom. The largest absolute Gasteiger partial charge is 0.480 e. The van der Waals surface area contributed by atoms with Gasteiger partial charge >= 0.3 is 5.97 Å². The Morgan fingerprint density at radius 2 is 1.89 bits per heavy atom. The maximum Gasteiger partial charge on any atom is 0.320 e. The molecule has 0 fully saturated rings. The van der Waals surface area contributed by atoms with E-state index in [1.165, 1.54) is 5.56 Å². The third-order valence-electron chi connectivity index (χ3n) is 2.98. The molecule has 0 aliphatic rings. The maximum atomic E-state index is 11.1. The molecular weight excluding hydrogens is 226 g/mol. The summed E-state index contributed by atoms with van der Waals surface area (Å²) in [6.07, 6.45) is 2.44. The number of carboxylic acids is 1. The number of carboxylic acid groups (broad SMARTS) is 1. The number of carbonyl (C=O) groups is 1. The third-order valence-corrected chi connectivity index (χ3v) is 2.98. The monoisotopic (exact) mass is 249 g/mol. The summed E-state index contributed by atoms with van der Waals surface area (Å²) < 4.78 is 0. The maximum absolute atomic E-state index is 11.1. The summed E-state index contributed by atoms with van der Waals surface area (Å²) in [7, 11) is 0. The third kappa shape index (κ3) is 5.82. The second-order valence-electron chi connectivity index (χ2n) is 5.05. The Morgan fingerprint density at radius 1 is 1.22 bits per heavy atom. The van der Waals surface area contributed by atoms with Crippen molar-refractivity contribution in [2.75, 3.05) is 6.54 Å². The van der Waals surface area contributed by atoms with Crippen molar-refractivity contribution < 1.29 is 9.90 Å². The first-order valence-electron chi connectivity index (χ1n) is 6.59. The summed E-state index contributed by atoms with van der Waals surface area (Å²) in [4.78, 5) is 11.1. The van der Waals surface area contributed by atoms with Gasteiger partial charge in [-0.1, -0.05) is 44.2 Å². The molecule has 0 spiro atoms. The molecule has 3 nitrogen and oxygen atoms in total. The summed E-state index contributed by atoms with van der Waals surface area (Å²) in [5.74, 6) is -0.157. The van der Waals surface area contributed by atoms with Gasteiger partial charge in [0.25, 0.3) is 0 Å². The Labute approximate surface area is 109 Å². The predicted octanol–water partition coefficient (Wildman–Crippen LogP) is 2.71. The van der Waals surface area contributed by atoms with Gasteiger partial charge in [-0.15, -0.1) is 0 Å². The molecule has 1 aromatic rings. The van der Waals surface area contributed by atoms with Crippen LogP contribution in [0.5, 0.6) is 0 Å². The Kier molecular flexibility index (Phi) is 6.44. The van der Waals surface area contributed by atoms with E-state index in [0.29, 0.717) is 12.3 Å². The fourth-order valence-corrected chi connectivity index (χ4v) is 1.81. The van der Waals surface area contributed by atoms with Crippen LogP contribution in [0.2, 0.25) is 0 Å². The fraction of sp³-hybridized carbons (Fsp3) is 0.533. The lowest BCUT2D eigenvalue weighted by Gasteiger charge is -2.15. The van der Waals surface area contributed by atoms with E-state index in [-0.39, 0.29) is 0 Å². The van der Waals surface area contributed by atoms with Gasteiger partial charge < -0.3 is 10.4 Å². The standard InChI is InChI=1S/C15H23NO2/c1-12(2)10-11-16-14(15(17)18)9-8-13-6-4-3-5-7-13/h3-7,12,14,16H,8-11H2,1-2H3,(H,17,18). The van der Waals surface area contributed by atoms with Crippen molar-refractivity contribution >= 4 is 5.97 Å². The van der Waals surface area contributed by atoms with Gasteiger partial charge in [0.15, 0.2) is 0 Å². The highest BCUT2D eigenvalue weighted by atomic mass is 16.4. The average molecular weight is 249 g/mol. The highest BCUT2D eigenvalue weighted by molar-refractivity contribution is 5.73. The van der Waals surface area contributed by atoms with Crippen LogP contribution in [0.1, 0.15) is 32.3 Å². The van der Waals surface area contributed by atoms with Crippen LogP contribution in [0.25, 0.3) is 0 Å². The van der Waals surface area contributed by atoms with Crippen LogP contribution in [-0.2, 0) is 11.2 Å². The van der Waals surface area contributed by atoms with Crippen molar-refractivity contribution in [1.29, 1.82) is 0 Å². The molecule has 1 rings (SSSR count). The molecule has 1 atom stereocenters. The van der Waals surface area contributed by atoms with E-state index in [2.05, 4.69) is 19.2 Å². The highest BCUT2D eigenvalue weighted by Gasteiger charge is 2.16. The number of hydrogen-bond acceptors (Lipinski definition) is 2. The van der Waals surface area contributed by atoms with Crippen LogP contribution in [0, 0.1) is 5.92 Å². The van der Waals surface area contributed by atoms with Crippen LogP contribution in [0.4, 0.5) is 0 Å². The molecule has 0 aliphatic carbocycles. The average Bonchev–Trinajstić information content (AvgIpc) is 2.34. The first kappa shape index (κ1) is 14.7. The SMILES string of the molecule is CC(C)CCNC(CCc1ccccc1)C(=O)O. The normalized spacial score (nSPS) is 12.6. The fourth-order valence-electron chi connectivity index (χ4n) is 1.81. The Hall–Kier alpha value is -1.35. The van der Waals surface area contributed by atoms with Gasteiger partial charge in [0.1, 0.15) is 6.04 Å². The topological polar surface area (TPSA) is 49.3 Å². The number of rotatable bonds is 8. The van der Waals surface area contributed by atoms with Gasteiger partial charge in [-0.3, -0.25) is 4.79 Å². The molecular formula is C15H23NO2. The molecule has 0 aliphatic heterocycles. The molecule has 3 heteroatoms. The molecule has 0 bridgehead atoms. The lowest BCUT2D eigenvalue weighted by atomic mass is 10.0. The Balaban J connectivity index is 2.36. The van der Waals surface area contributed by atoms with E-state index in [9.17, 15) is 4.79 Å². The molecule has 0 aromatic heterocycles. The molecule has 100 valence electrons. The summed E-state index contributed by atoms with van der Waals surface area (Å²) in [6, 6.07) is 9.57.